The van der Waals surface area contributed by atoms with Gasteiger partial charge in [-0.2, -0.15) is 8.78 Å². The quantitative estimate of drug-likeness (QED) is 0.431. The van der Waals surface area contributed by atoms with E-state index in [0.717, 1.165) is 0 Å². The standard InChI is InChI=1S/C24H18ClF2NO6/c1-2-10-33-20-13-7-3-4-8-14(13)21(34-24(26)27)18-17(20)22(31)28(23(18)32)19-12(11-16(29)30)6-5-9-15(19)25/h3-9,24H,2,10-11H2,1H3,(H,29,30). The van der Waals surface area contributed by atoms with E-state index in [1.54, 1.807) is 18.2 Å². The zero-order valence-electron chi connectivity index (χ0n) is 17.8. The number of carboxylic acids is 1. The van der Waals surface area contributed by atoms with Gasteiger partial charge in [-0.05, 0) is 18.1 Å². The number of carbonyl (C=O) groups excluding carboxylic acids is 2. The summed E-state index contributed by atoms with van der Waals surface area (Å²) in [6.45, 7) is -1.23. The number of aliphatic carboxylic acids is 1. The molecule has 0 saturated heterocycles. The molecule has 1 N–H and O–H groups in total. The van der Waals surface area contributed by atoms with Crippen LogP contribution in [0.2, 0.25) is 5.02 Å². The van der Waals surface area contributed by atoms with E-state index in [2.05, 4.69) is 0 Å². The van der Waals surface area contributed by atoms with Crippen molar-refractivity contribution < 1.29 is 37.7 Å². The molecule has 0 unspecified atom stereocenters. The van der Waals surface area contributed by atoms with Gasteiger partial charge in [0.05, 0.1) is 34.9 Å². The number of carboxylic acid groups (broad SMARTS) is 1. The molecule has 2 amide bonds. The van der Waals surface area contributed by atoms with Crippen LogP contribution in [0.5, 0.6) is 11.5 Å². The molecule has 1 aliphatic rings. The molecule has 0 aromatic heterocycles. The van der Waals surface area contributed by atoms with Crippen LogP contribution in [0, 0.1) is 0 Å². The topological polar surface area (TPSA) is 93.1 Å². The Labute approximate surface area is 197 Å². The fraction of sp³-hybridized carbons (Fsp3) is 0.208. The predicted molar refractivity (Wildman–Crippen MR) is 120 cm³/mol. The predicted octanol–water partition coefficient (Wildman–Crippen LogP) is 5.31. The molecule has 0 spiro atoms. The van der Waals surface area contributed by atoms with Crippen molar-refractivity contribution in [2.24, 2.45) is 0 Å². The Bertz CT molecular complexity index is 1330. The Morgan fingerprint density at radius 1 is 1.03 bits per heavy atom. The first kappa shape index (κ1) is 23.4. The number of ether oxygens (including phenoxy) is 2. The summed E-state index contributed by atoms with van der Waals surface area (Å²) in [6, 6.07) is 10.6. The monoisotopic (exact) mass is 489 g/mol. The van der Waals surface area contributed by atoms with Crippen molar-refractivity contribution >= 4 is 45.8 Å². The normalized spacial score (nSPS) is 13.0. The number of anilines is 1. The van der Waals surface area contributed by atoms with Crippen molar-refractivity contribution in [3.8, 4) is 11.5 Å². The Balaban J connectivity index is 2.03. The highest BCUT2D eigenvalue weighted by Gasteiger charge is 2.45. The zero-order chi connectivity index (χ0) is 24.6. The minimum absolute atomic E-state index is 0.0508. The number of nitrogens with zero attached hydrogens (tertiary/aromatic N) is 1. The molecule has 3 aromatic rings. The average molecular weight is 490 g/mol. The lowest BCUT2D eigenvalue weighted by molar-refractivity contribution is -0.136. The van der Waals surface area contributed by atoms with Crippen molar-refractivity contribution in [2.45, 2.75) is 26.4 Å². The molecule has 0 radical (unpaired) electrons. The maximum absolute atomic E-state index is 13.6. The van der Waals surface area contributed by atoms with E-state index in [1.807, 2.05) is 6.92 Å². The molecule has 7 nitrogen and oxygen atoms in total. The van der Waals surface area contributed by atoms with Crippen LogP contribution in [0.25, 0.3) is 10.8 Å². The summed E-state index contributed by atoms with van der Waals surface area (Å²) < 4.78 is 37.3. The van der Waals surface area contributed by atoms with E-state index in [4.69, 9.17) is 21.1 Å². The Morgan fingerprint density at radius 3 is 2.24 bits per heavy atom. The van der Waals surface area contributed by atoms with Crippen LogP contribution in [0.15, 0.2) is 42.5 Å². The maximum atomic E-state index is 13.6. The van der Waals surface area contributed by atoms with Crippen molar-refractivity contribution in [3.05, 3.63) is 64.2 Å². The fourth-order valence-corrected chi connectivity index (χ4v) is 4.26. The number of alkyl halides is 2. The van der Waals surface area contributed by atoms with Gasteiger partial charge in [0.2, 0.25) is 0 Å². The summed E-state index contributed by atoms with van der Waals surface area (Å²) in [4.78, 5) is 39.3. The lowest BCUT2D eigenvalue weighted by Crippen LogP contribution is -2.31. The second kappa shape index (κ2) is 9.26. The molecule has 0 bridgehead atoms. The maximum Gasteiger partial charge on any atom is 0.387 e. The van der Waals surface area contributed by atoms with Gasteiger partial charge in [-0.15, -0.1) is 0 Å². The fourth-order valence-electron chi connectivity index (χ4n) is 3.98. The van der Waals surface area contributed by atoms with E-state index in [1.165, 1.54) is 24.3 Å². The summed E-state index contributed by atoms with van der Waals surface area (Å²) >= 11 is 6.30. The van der Waals surface area contributed by atoms with Gasteiger partial charge in [0, 0.05) is 10.8 Å². The third kappa shape index (κ3) is 3.92. The van der Waals surface area contributed by atoms with Gasteiger partial charge < -0.3 is 14.6 Å². The molecule has 34 heavy (non-hydrogen) atoms. The second-order valence-corrected chi connectivity index (χ2v) is 7.85. The van der Waals surface area contributed by atoms with E-state index >= 15 is 0 Å². The number of imide groups is 1. The smallest absolute Gasteiger partial charge is 0.387 e. The van der Waals surface area contributed by atoms with Gasteiger partial charge in [0.25, 0.3) is 11.8 Å². The van der Waals surface area contributed by atoms with Gasteiger partial charge in [0.15, 0.2) is 0 Å². The summed E-state index contributed by atoms with van der Waals surface area (Å²) in [5, 5.41) is 9.72. The number of hydrogen-bond acceptors (Lipinski definition) is 5. The molecule has 4 rings (SSSR count). The van der Waals surface area contributed by atoms with E-state index < -0.39 is 42.1 Å². The first-order valence-electron chi connectivity index (χ1n) is 10.3. The molecule has 176 valence electrons. The van der Waals surface area contributed by atoms with Crippen LogP contribution in [0.1, 0.15) is 39.6 Å². The number of fused-ring (bicyclic) bond motifs is 2. The van der Waals surface area contributed by atoms with Crippen LogP contribution < -0.4 is 14.4 Å². The third-order valence-electron chi connectivity index (χ3n) is 5.25. The minimum Gasteiger partial charge on any atom is -0.492 e. The molecule has 0 atom stereocenters. The Kier molecular flexibility index (Phi) is 6.39. The first-order valence-corrected chi connectivity index (χ1v) is 10.7. The van der Waals surface area contributed by atoms with Crippen molar-refractivity contribution in [3.63, 3.8) is 0 Å². The first-order chi connectivity index (χ1) is 16.3. The third-order valence-corrected chi connectivity index (χ3v) is 5.55. The number of rotatable bonds is 8. The highest BCUT2D eigenvalue weighted by atomic mass is 35.5. The van der Waals surface area contributed by atoms with Gasteiger partial charge in [-0.3, -0.25) is 14.4 Å². The van der Waals surface area contributed by atoms with Crippen LogP contribution in [0.3, 0.4) is 0 Å². The van der Waals surface area contributed by atoms with Crippen LogP contribution in [0.4, 0.5) is 14.5 Å². The van der Waals surface area contributed by atoms with Crippen molar-refractivity contribution in [1.82, 2.24) is 0 Å². The van der Waals surface area contributed by atoms with E-state index in [0.29, 0.717) is 16.7 Å². The second-order valence-electron chi connectivity index (χ2n) is 7.44. The van der Waals surface area contributed by atoms with Gasteiger partial charge in [0.1, 0.15) is 11.5 Å². The number of para-hydroxylation sites is 1. The highest BCUT2D eigenvalue weighted by Crippen LogP contribution is 2.47. The Morgan fingerprint density at radius 2 is 1.65 bits per heavy atom. The lowest BCUT2D eigenvalue weighted by Gasteiger charge is -2.19. The molecule has 0 saturated carbocycles. The van der Waals surface area contributed by atoms with Crippen LogP contribution in [-0.4, -0.2) is 36.1 Å². The summed E-state index contributed by atoms with van der Waals surface area (Å²) in [5.74, 6) is -3.46. The largest absolute Gasteiger partial charge is 0.492 e. The molecule has 0 fully saturated rings. The van der Waals surface area contributed by atoms with Crippen molar-refractivity contribution in [1.29, 1.82) is 0 Å². The van der Waals surface area contributed by atoms with Gasteiger partial charge in [-0.25, -0.2) is 4.90 Å². The summed E-state index contributed by atoms with van der Waals surface area (Å²) in [5.41, 5.74) is -0.664. The number of hydrogen-bond donors (Lipinski definition) is 1. The summed E-state index contributed by atoms with van der Waals surface area (Å²) in [7, 11) is 0. The van der Waals surface area contributed by atoms with Gasteiger partial charge >= 0.3 is 12.6 Å². The highest BCUT2D eigenvalue weighted by molar-refractivity contribution is 6.42. The average Bonchev–Trinajstić information content (AvgIpc) is 3.03. The SMILES string of the molecule is CCCOc1c2c(c(OC(F)F)c3ccccc13)C(=O)N(c1c(Cl)cccc1CC(=O)O)C2=O. The van der Waals surface area contributed by atoms with E-state index in [-0.39, 0.29) is 39.6 Å². The molecule has 3 aromatic carbocycles. The zero-order valence-corrected chi connectivity index (χ0v) is 18.6. The Hall–Kier alpha value is -3.72. The molecular weight excluding hydrogens is 472 g/mol. The molecule has 1 aliphatic heterocycles. The molecular formula is C24H18ClF2NO6. The number of amides is 2. The lowest BCUT2D eigenvalue weighted by atomic mass is 9.99. The van der Waals surface area contributed by atoms with Gasteiger partial charge in [-0.1, -0.05) is 54.9 Å². The van der Waals surface area contributed by atoms with E-state index in [9.17, 15) is 28.3 Å². The molecule has 0 aliphatic carbocycles. The number of halogens is 3. The summed E-state index contributed by atoms with van der Waals surface area (Å²) in [6.07, 6.45) is 0.0579. The molecule has 1 heterocycles. The van der Waals surface area contributed by atoms with Crippen LogP contribution >= 0.6 is 11.6 Å². The molecule has 10 heteroatoms. The number of benzene rings is 3. The van der Waals surface area contributed by atoms with Crippen LogP contribution in [-0.2, 0) is 11.2 Å². The van der Waals surface area contributed by atoms with Crippen molar-refractivity contribution in [2.75, 3.05) is 11.5 Å². The number of carbonyl (C=O) groups is 3. The minimum atomic E-state index is -3.27.